The number of anilines is 1. The van der Waals surface area contributed by atoms with Gasteiger partial charge >= 0.3 is 12.0 Å². The molecule has 0 spiro atoms. The first-order valence-corrected chi connectivity index (χ1v) is 10.7. The number of ether oxygens (including phenoxy) is 2. The zero-order valence-electron chi connectivity index (χ0n) is 19.2. The van der Waals surface area contributed by atoms with Crippen LogP contribution in [-0.4, -0.2) is 35.4 Å². The molecule has 0 aliphatic carbocycles. The number of rotatable bonds is 8. The Bertz CT molecular complexity index is 1220. The van der Waals surface area contributed by atoms with E-state index < -0.39 is 23.6 Å². The first-order valence-electron chi connectivity index (χ1n) is 10.7. The summed E-state index contributed by atoms with van der Waals surface area (Å²) in [6.45, 7) is 1.89. The number of urea groups is 1. The fraction of sp³-hybridized carbons (Fsp3) is 0.240. The van der Waals surface area contributed by atoms with Crippen molar-refractivity contribution in [3.05, 3.63) is 76.7 Å². The summed E-state index contributed by atoms with van der Waals surface area (Å²) < 4.78 is 11.8. The van der Waals surface area contributed by atoms with Crippen LogP contribution in [0.3, 0.4) is 0 Å². The number of carbonyl (C=O) groups excluding carboxylic acids is 2. The number of nitrogens with one attached hydrogen (secondary N) is 2. The Morgan fingerprint density at radius 1 is 1.12 bits per heavy atom. The van der Waals surface area contributed by atoms with Crippen LogP contribution in [0.15, 0.2) is 65.6 Å². The normalized spacial score (nSPS) is 11.4. The Labute approximate surface area is 197 Å². The van der Waals surface area contributed by atoms with Gasteiger partial charge in [0, 0.05) is 18.8 Å². The number of aryl methyl sites for hydroxylation is 1. The van der Waals surface area contributed by atoms with Crippen molar-refractivity contribution in [3.8, 4) is 22.6 Å². The maximum Gasteiger partial charge on any atom is 0.319 e. The molecule has 0 saturated heterocycles. The molecule has 3 rings (SSSR count). The van der Waals surface area contributed by atoms with Gasteiger partial charge in [0.05, 0.1) is 26.2 Å². The van der Waals surface area contributed by atoms with E-state index in [1.807, 2.05) is 36.4 Å². The second kappa shape index (κ2) is 11.0. The number of amides is 2. The Morgan fingerprint density at radius 2 is 1.85 bits per heavy atom. The summed E-state index contributed by atoms with van der Waals surface area (Å²) in [7, 11) is 3.06. The van der Waals surface area contributed by atoms with Crippen LogP contribution >= 0.6 is 0 Å². The van der Waals surface area contributed by atoms with E-state index in [4.69, 9.17) is 9.47 Å². The van der Waals surface area contributed by atoms with Gasteiger partial charge in [-0.3, -0.25) is 9.59 Å². The zero-order chi connectivity index (χ0) is 24.7. The van der Waals surface area contributed by atoms with Gasteiger partial charge in [-0.25, -0.2) is 4.79 Å². The maximum absolute atomic E-state index is 12.8. The van der Waals surface area contributed by atoms with Crippen LogP contribution in [0, 0.1) is 0 Å². The minimum absolute atomic E-state index is 0.138. The van der Waals surface area contributed by atoms with Gasteiger partial charge in [-0.2, -0.15) is 0 Å². The Hall–Kier alpha value is -4.27. The molecule has 2 amide bonds. The second-order valence-corrected chi connectivity index (χ2v) is 7.48. The van der Waals surface area contributed by atoms with E-state index in [-0.39, 0.29) is 24.5 Å². The van der Waals surface area contributed by atoms with E-state index in [1.54, 1.807) is 26.2 Å². The van der Waals surface area contributed by atoms with Gasteiger partial charge in [0.15, 0.2) is 5.69 Å². The molecule has 9 heteroatoms. The lowest BCUT2D eigenvalue weighted by atomic mass is 9.97. The Balaban J connectivity index is 1.94. The van der Waals surface area contributed by atoms with Crippen LogP contribution in [0.1, 0.15) is 24.9 Å². The summed E-state index contributed by atoms with van der Waals surface area (Å²) in [5.74, 6) is -0.230. The van der Waals surface area contributed by atoms with Crippen LogP contribution in [0.25, 0.3) is 11.1 Å². The summed E-state index contributed by atoms with van der Waals surface area (Å²) in [5, 5.41) is 15.1. The van der Waals surface area contributed by atoms with Gasteiger partial charge < -0.3 is 29.8 Å². The lowest BCUT2D eigenvalue weighted by Gasteiger charge is -2.21. The number of hydrogen-bond donors (Lipinski definition) is 3. The molecule has 0 saturated carbocycles. The lowest BCUT2D eigenvalue weighted by molar-refractivity contribution is -0.143. The van der Waals surface area contributed by atoms with Crippen LogP contribution in [-0.2, 0) is 16.6 Å². The monoisotopic (exact) mass is 465 g/mol. The molecule has 9 nitrogen and oxygen atoms in total. The summed E-state index contributed by atoms with van der Waals surface area (Å²) in [6.07, 6.45) is 1.24. The average Bonchev–Trinajstić information content (AvgIpc) is 2.84. The maximum atomic E-state index is 12.8. The van der Waals surface area contributed by atoms with Crippen molar-refractivity contribution in [2.24, 2.45) is 7.05 Å². The van der Waals surface area contributed by atoms with Crippen LogP contribution in [0.2, 0.25) is 0 Å². The summed E-state index contributed by atoms with van der Waals surface area (Å²) in [6, 6.07) is 14.6. The lowest BCUT2D eigenvalue weighted by Crippen LogP contribution is -2.36. The van der Waals surface area contributed by atoms with E-state index in [9.17, 15) is 19.5 Å². The van der Waals surface area contributed by atoms with Gasteiger partial charge in [-0.15, -0.1) is 0 Å². The molecule has 1 heterocycles. The third-order valence-electron chi connectivity index (χ3n) is 5.18. The fourth-order valence-electron chi connectivity index (χ4n) is 3.47. The molecule has 34 heavy (non-hydrogen) atoms. The number of pyridine rings is 1. The van der Waals surface area contributed by atoms with E-state index in [0.29, 0.717) is 11.3 Å². The SMILES string of the molecule is CCOC(=O)CC(NC(=O)Nc1c(O)ccn(C)c1=O)c1ccc(OC)c(-c2ccccc2)c1. The third-order valence-corrected chi connectivity index (χ3v) is 5.18. The van der Waals surface area contributed by atoms with Crippen molar-refractivity contribution in [1.29, 1.82) is 0 Å². The second-order valence-electron chi connectivity index (χ2n) is 7.48. The van der Waals surface area contributed by atoms with Crippen molar-refractivity contribution in [2.45, 2.75) is 19.4 Å². The van der Waals surface area contributed by atoms with Gasteiger partial charge in [0.2, 0.25) is 0 Å². The van der Waals surface area contributed by atoms with E-state index in [0.717, 1.165) is 11.1 Å². The van der Waals surface area contributed by atoms with E-state index in [1.165, 1.54) is 23.9 Å². The number of aromatic nitrogens is 1. The molecule has 1 aromatic heterocycles. The van der Waals surface area contributed by atoms with Crippen LogP contribution in [0.5, 0.6) is 11.5 Å². The molecular weight excluding hydrogens is 438 g/mol. The minimum Gasteiger partial charge on any atom is -0.505 e. The third kappa shape index (κ3) is 5.74. The number of carbonyl (C=O) groups is 2. The zero-order valence-corrected chi connectivity index (χ0v) is 19.2. The average molecular weight is 466 g/mol. The van der Waals surface area contributed by atoms with Gasteiger partial charge in [0.25, 0.3) is 5.56 Å². The summed E-state index contributed by atoms with van der Waals surface area (Å²) in [5.41, 5.74) is 1.47. The highest BCUT2D eigenvalue weighted by Gasteiger charge is 2.22. The number of methoxy groups -OCH3 is 1. The number of aromatic hydroxyl groups is 1. The van der Waals surface area contributed by atoms with E-state index in [2.05, 4.69) is 10.6 Å². The van der Waals surface area contributed by atoms with Crippen molar-refractivity contribution in [1.82, 2.24) is 9.88 Å². The highest BCUT2D eigenvalue weighted by Crippen LogP contribution is 2.33. The molecular formula is C25H27N3O6. The van der Waals surface area contributed by atoms with Crippen LogP contribution in [0.4, 0.5) is 10.5 Å². The molecule has 1 unspecified atom stereocenters. The summed E-state index contributed by atoms with van der Waals surface area (Å²) in [4.78, 5) is 37.3. The minimum atomic E-state index is -0.776. The first kappa shape index (κ1) is 24.4. The van der Waals surface area contributed by atoms with Crippen molar-refractivity contribution in [2.75, 3.05) is 19.0 Å². The number of nitrogens with zero attached hydrogens (tertiary/aromatic N) is 1. The molecule has 0 bridgehead atoms. The number of esters is 1. The quantitative estimate of drug-likeness (QED) is 0.438. The molecule has 1 atom stereocenters. The Morgan fingerprint density at radius 3 is 2.53 bits per heavy atom. The smallest absolute Gasteiger partial charge is 0.319 e. The molecule has 3 N–H and O–H groups in total. The van der Waals surface area contributed by atoms with Gasteiger partial charge in [-0.1, -0.05) is 36.4 Å². The van der Waals surface area contributed by atoms with Crippen LogP contribution < -0.4 is 20.9 Å². The predicted molar refractivity (Wildman–Crippen MR) is 128 cm³/mol. The highest BCUT2D eigenvalue weighted by molar-refractivity contribution is 5.91. The largest absolute Gasteiger partial charge is 0.505 e. The molecule has 0 radical (unpaired) electrons. The topological polar surface area (TPSA) is 119 Å². The van der Waals surface area contributed by atoms with Crippen molar-refractivity contribution >= 4 is 17.7 Å². The molecule has 0 fully saturated rings. The molecule has 178 valence electrons. The van der Waals surface area contributed by atoms with Gasteiger partial charge in [-0.05, 0) is 36.2 Å². The number of benzene rings is 2. The number of hydrogen-bond acceptors (Lipinski definition) is 6. The van der Waals surface area contributed by atoms with E-state index >= 15 is 0 Å². The fourth-order valence-corrected chi connectivity index (χ4v) is 3.47. The predicted octanol–water partition coefficient (Wildman–Crippen LogP) is 3.58. The molecule has 3 aromatic rings. The summed E-state index contributed by atoms with van der Waals surface area (Å²) >= 11 is 0. The van der Waals surface area contributed by atoms with Gasteiger partial charge in [0.1, 0.15) is 11.5 Å². The molecule has 2 aromatic carbocycles. The molecule has 0 aliphatic rings. The standard InChI is InChI=1S/C25H27N3O6/c1-4-34-22(30)15-19(26-25(32)27-23-20(29)12-13-28(2)24(23)31)17-10-11-21(33-3)18(14-17)16-8-6-5-7-9-16/h5-14,19,29H,4,15H2,1-3H3,(H2,26,27,32). The van der Waals surface area contributed by atoms with Crippen molar-refractivity contribution < 1.29 is 24.2 Å². The Kier molecular flexibility index (Phi) is 7.92. The first-order chi connectivity index (χ1) is 16.3. The van der Waals surface area contributed by atoms with Crippen molar-refractivity contribution in [3.63, 3.8) is 0 Å². The molecule has 0 aliphatic heterocycles. The highest BCUT2D eigenvalue weighted by atomic mass is 16.5.